The number of carbonyl (C=O) groups excluding carboxylic acids is 1. The average Bonchev–Trinajstić information content (AvgIpc) is 3.35. The van der Waals surface area contributed by atoms with E-state index in [9.17, 15) is 14.7 Å². The van der Waals surface area contributed by atoms with Crippen LogP contribution in [0.3, 0.4) is 0 Å². The van der Waals surface area contributed by atoms with Crippen LogP contribution in [0.15, 0.2) is 42.5 Å². The zero-order valence-corrected chi connectivity index (χ0v) is 20.7. The Balaban J connectivity index is 1.37. The Kier molecular flexibility index (Phi) is 7.57. The smallest absolute Gasteiger partial charge is 0.326 e. The lowest BCUT2D eigenvalue weighted by molar-refractivity contribution is -0.148. The van der Waals surface area contributed by atoms with E-state index in [-0.39, 0.29) is 11.9 Å². The van der Waals surface area contributed by atoms with Crippen molar-refractivity contribution in [1.82, 2.24) is 9.80 Å². The summed E-state index contributed by atoms with van der Waals surface area (Å²) < 4.78 is 0. The second-order valence-electron chi connectivity index (χ2n) is 10.8. The third-order valence-corrected chi connectivity index (χ3v) is 8.44. The summed E-state index contributed by atoms with van der Waals surface area (Å²) in [6.07, 6.45) is 10.9. The number of nitrogens with zero attached hydrogens (tertiary/aromatic N) is 2. The van der Waals surface area contributed by atoms with Crippen LogP contribution in [-0.2, 0) is 9.59 Å². The van der Waals surface area contributed by atoms with E-state index < -0.39 is 18.1 Å². The molecule has 2 heterocycles. The highest BCUT2D eigenvalue weighted by molar-refractivity contribution is 5.91. The van der Waals surface area contributed by atoms with Crippen molar-refractivity contribution >= 4 is 28.3 Å². The molecule has 2 aliphatic heterocycles. The number of nitrogens with one attached hydrogen (secondary N) is 1. The lowest BCUT2D eigenvalue weighted by Crippen LogP contribution is -2.49. The molecule has 2 N–H and O–H groups in total. The number of hydrogen-bond acceptors (Lipinski definition) is 4. The number of hydrogen-bond donors (Lipinski definition) is 2. The number of aliphatic carboxylic acids is 1. The fraction of sp³-hybridized carbons (Fsp3) is 0.586. The summed E-state index contributed by atoms with van der Waals surface area (Å²) >= 11 is 0. The van der Waals surface area contributed by atoms with Gasteiger partial charge in [0, 0.05) is 18.3 Å². The van der Waals surface area contributed by atoms with Crippen LogP contribution in [0.1, 0.15) is 64.2 Å². The third-order valence-electron chi connectivity index (χ3n) is 8.44. The molecular formula is C29H39N3O3. The first kappa shape index (κ1) is 24.1. The maximum Gasteiger partial charge on any atom is 0.326 e. The highest BCUT2D eigenvalue weighted by atomic mass is 16.4. The standard InChI is InChI=1S/C29H39N3O3/c33-28(32-20-25(19-27(32)29(34)35)31-15-7-2-8-16-31)26(17-21-9-3-1-4-10-21)30-24-14-13-22-11-5-6-12-23(22)18-24/h5-6,11-14,18,21,25-27,30H,1-4,7-10,15-17,19-20H2,(H,34,35). The minimum atomic E-state index is -0.875. The van der Waals surface area contributed by atoms with Gasteiger partial charge in [0.25, 0.3) is 0 Å². The third kappa shape index (κ3) is 5.64. The van der Waals surface area contributed by atoms with Gasteiger partial charge in [-0.2, -0.15) is 0 Å². The van der Waals surface area contributed by atoms with Gasteiger partial charge in [0.2, 0.25) is 5.91 Å². The Hall–Kier alpha value is -2.60. The number of rotatable bonds is 7. The average molecular weight is 478 g/mol. The number of fused-ring (bicyclic) bond motifs is 1. The van der Waals surface area contributed by atoms with Crippen molar-refractivity contribution in [3.05, 3.63) is 42.5 Å². The molecular weight excluding hydrogens is 438 g/mol. The van der Waals surface area contributed by atoms with E-state index in [1.54, 1.807) is 4.90 Å². The summed E-state index contributed by atoms with van der Waals surface area (Å²) in [5, 5.41) is 15.9. The first-order valence-electron chi connectivity index (χ1n) is 13.6. The Morgan fingerprint density at radius 1 is 0.943 bits per heavy atom. The Morgan fingerprint density at radius 3 is 2.40 bits per heavy atom. The number of benzene rings is 2. The number of piperidine rings is 1. The van der Waals surface area contributed by atoms with E-state index >= 15 is 0 Å². The molecule has 0 spiro atoms. The van der Waals surface area contributed by atoms with Crippen molar-refractivity contribution < 1.29 is 14.7 Å². The summed E-state index contributed by atoms with van der Waals surface area (Å²) in [5.41, 5.74) is 0.927. The van der Waals surface area contributed by atoms with Crippen molar-refractivity contribution in [2.45, 2.75) is 82.3 Å². The molecule has 3 fully saturated rings. The second kappa shape index (κ2) is 11.0. The number of carbonyl (C=O) groups is 2. The first-order valence-corrected chi connectivity index (χ1v) is 13.6. The van der Waals surface area contributed by atoms with E-state index in [1.165, 1.54) is 31.1 Å². The zero-order chi connectivity index (χ0) is 24.2. The summed E-state index contributed by atoms with van der Waals surface area (Å²) in [4.78, 5) is 30.3. The molecule has 2 aromatic carbocycles. The number of carboxylic acid groups (broad SMARTS) is 1. The molecule has 35 heavy (non-hydrogen) atoms. The van der Waals surface area contributed by atoms with Gasteiger partial charge in [-0.3, -0.25) is 9.69 Å². The van der Waals surface area contributed by atoms with Gasteiger partial charge in [-0.25, -0.2) is 4.79 Å². The van der Waals surface area contributed by atoms with Crippen molar-refractivity contribution in [2.75, 3.05) is 25.0 Å². The molecule has 1 aliphatic carbocycles. The van der Waals surface area contributed by atoms with Gasteiger partial charge in [-0.1, -0.05) is 68.9 Å². The highest BCUT2D eigenvalue weighted by Crippen LogP contribution is 2.32. The molecule has 1 saturated carbocycles. The van der Waals surface area contributed by atoms with Gasteiger partial charge in [0.1, 0.15) is 12.1 Å². The van der Waals surface area contributed by atoms with Gasteiger partial charge < -0.3 is 15.3 Å². The number of amides is 1. The van der Waals surface area contributed by atoms with Crippen LogP contribution in [0.5, 0.6) is 0 Å². The normalized spacial score (nSPS) is 25.0. The Bertz CT molecular complexity index is 1030. The Morgan fingerprint density at radius 2 is 1.66 bits per heavy atom. The predicted octanol–water partition coefficient (Wildman–Crippen LogP) is 5.13. The number of anilines is 1. The minimum Gasteiger partial charge on any atom is -0.480 e. The van der Waals surface area contributed by atoms with E-state index in [4.69, 9.17) is 0 Å². The van der Waals surface area contributed by atoms with Crippen LogP contribution in [-0.4, -0.2) is 64.5 Å². The van der Waals surface area contributed by atoms with Gasteiger partial charge in [0.05, 0.1) is 0 Å². The maximum atomic E-state index is 14.0. The first-order chi connectivity index (χ1) is 17.1. The van der Waals surface area contributed by atoms with Crippen LogP contribution in [0.25, 0.3) is 10.8 Å². The second-order valence-corrected chi connectivity index (χ2v) is 10.8. The van der Waals surface area contributed by atoms with Crippen LogP contribution in [0, 0.1) is 5.92 Å². The molecule has 2 aromatic rings. The lowest BCUT2D eigenvalue weighted by Gasteiger charge is -2.33. The van der Waals surface area contributed by atoms with Crippen LogP contribution >= 0.6 is 0 Å². The molecule has 5 rings (SSSR count). The topological polar surface area (TPSA) is 72.9 Å². The van der Waals surface area contributed by atoms with E-state index in [1.807, 2.05) is 18.2 Å². The van der Waals surface area contributed by atoms with Gasteiger partial charge >= 0.3 is 5.97 Å². The van der Waals surface area contributed by atoms with Gasteiger partial charge in [-0.15, -0.1) is 0 Å². The monoisotopic (exact) mass is 477 g/mol. The zero-order valence-electron chi connectivity index (χ0n) is 20.7. The van der Waals surface area contributed by atoms with Crippen molar-refractivity contribution in [3.8, 4) is 0 Å². The summed E-state index contributed by atoms with van der Waals surface area (Å²) in [6.45, 7) is 2.55. The molecule has 188 valence electrons. The predicted molar refractivity (Wildman–Crippen MR) is 140 cm³/mol. The summed E-state index contributed by atoms with van der Waals surface area (Å²) in [6, 6.07) is 13.5. The van der Waals surface area contributed by atoms with Crippen molar-refractivity contribution in [1.29, 1.82) is 0 Å². The molecule has 3 unspecified atom stereocenters. The fourth-order valence-electron chi connectivity index (χ4n) is 6.50. The van der Waals surface area contributed by atoms with E-state index in [2.05, 4.69) is 34.5 Å². The molecule has 6 heteroatoms. The molecule has 2 saturated heterocycles. The fourth-order valence-corrected chi connectivity index (χ4v) is 6.50. The Labute approximate surface area is 208 Å². The highest BCUT2D eigenvalue weighted by Gasteiger charge is 2.44. The number of carboxylic acids is 1. The molecule has 0 radical (unpaired) electrons. The van der Waals surface area contributed by atoms with Crippen LogP contribution in [0.2, 0.25) is 0 Å². The summed E-state index contributed by atoms with van der Waals surface area (Å²) in [7, 11) is 0. The van der Waals surface area contributed by atoms with E-state index in [0.29, 0.717) is 18.9 Å². The molecule has 3 aliphatic rings. The quantitative estimate of drug-likeness (QED) is 0.578. The van der Waals surface area contributed by atoms with Gasteiger partial charge in [-0.05, 0) is 67.6 Å². The molecule has 3 atom stereocenters. The van der Waals surface area contributed by atoms with Gasteiger partial charge in [0.15, 0.2) is 0 Å². The van der Waals surface area contributed by atoms with Crippen molar-refractivity contribution in [2.24, 2.45) is 5.92 Å². The largest absolute Gasteiger partial charge is 0.480 e. The minimum absolute atomic E-state index is 0.0457. The lowest BCUT2D eigenvalue weighted by atomic mass is 9.84. The number of likely N-dealkylation sites (tertiary alicyclic amines) is 2. The molecule has 1 amide bonds. The van der Waals surface area contributed by atoms with Crippen LogP contribution < -0.4 is 5.32 Å². The maximum absolute atomic E-state index is 14.0. The van der Waals surface area contributed by atoms with Crippen LogP contribution in [0.4, 0.5) is 5.69 Å². The SMILES string of the molecule is O=C(O)C1CC(N2CCCCC2)CN1C(=O)C(CC1CCCCC1)Nc1ccc2ccccc2c1. The summed E-state index contributed by atoms with van der Waals surface area (Å²) in [5.74, 6) is -0.412. The molecule has 6 nitrogen and oxygen atoms in total. The van der Waals surface area contributed by atoms with Crippen molar-refractivity contribution in [3.63, 3.8) is 0 Å². The molecule has 0 aromatic heterocycles. The molecule has 0 bridgehead atoms. The van der Waals surface area contributed by atoms with E-state index in [0.717, 1.165) is 56.3 Å².